The van der Waals surface area contributed by atoms with E-state index in [1.165, 1.54) is 12.1 Å². The molecule has 1 heterocycles. The van der Waals surface area contributed by atoms with E-state index < -0.39 is 0 Å². The standard InChI is InChI=1S/C25H15BrFNO2/c26-17-7-10-23-21(12-17)16(14-28(23)13-15-5-8-18(27)9-6-15)11-22-24(29)19-3-1-2-4-20(19)25(22)30/h1-12,14H,13H2. The Balaban J connectivity index is 1.62. The molecule has 0 aliphatic heterocycles. The van der Waals surface area contributed by atoms with Crippen molar-refractivity contribution < 1.29 is 14.0 Å². The molecule has 4 aromatic rings. The number of benzene rings is 3. The topological polar surface area (TPSA) is 39.1 Å². The van der Waals surface area contributed by atoms with Crippen molar-refractivity contribution in [2.45, 2.75) is 6.54 Å². The second kappa shape index (κ2) is 7.18. The SMILES string of the molecule is O=C1C(=Cc2cn(Cc3ccc(F)cc3)c3ccc(Br)cc23)C(=O)c2ccccc21. The number of ketones is 2. The third-order valence-corrected chi connectivity index (χ3v) is 5.84. The molecule has 0 unspecified atom stereocenters. The summed E-state index contributed by atoms with van der Waals surface area (Å²) in [5, 5.41) is 0.926. The molecule has 3 aromatic carbocycles. The summed E-state index contributed by atoms with van der Waals surface area (Å²) in [6.45, 7) is 0.545. The van der Waals surface area contributed by atoms with E-state index >= 15 is 0 Å². The number of hydrogen-bond donors (Lipinski definition) is 0. The van der Waals surface area contributed by atoms with Gasteiger partial charge in [0.15, 0.2) is 11.6 Å². The Morgan fingerprint density at radius 2 is 1.57 bits per heavy atom. The summed E-state index contributed by atoms with van der Waals surface area (Å²) < 4.78 is 16.2. The van der Waals surface area contributed by atoms with Gasteiger partial charge in [0.05, 0.1) is 5.57 Å². The molecule has 1 aromatic heterocycles. The number of carbonyl (C=O) groups is 2. The van der Waals surface area contributed by atoms with Crippen LogP contribution in [0.1, 0.15) is 31.8 Å². The van der Waals surface area contributed by atoms with E-state index in [2.05, 4.69) is 15.9 Å². The van der Waals surface area contributed by atoms with Crippen molar-refractivity contribution in [1.82, 2.24) is 4.57 Å². The third kappa shape index (κ3) is 3.12. The van der Waals surface area contributed by atoms with Crippen LogP contribution in [-0.2, 0) is 6.54 Å². The quantitative estimate of drug-likeness (QED) is 0.276. The molecule has 0 saturated heterocycles. The molecule has 30 heavy (non-hydrogen) atoms. The summed E-state index contributed by atoms with van der Waals surface area (Å²) >= 11 is 3.50. The highest BCUT2D eigenvalue weighted by Crippen LogP contribution is 2.32. The first-order valence-electron chi connectivity index (χ1n) is 9.44. The predicted octanol–water partition coefficient (Wildman–Crippen LogP) is 6.05. The lowest BCUT2D eigenvalue weighted by molar-refractivity contribution is 0.0990. The van der Waals surface area contributed by atoms with Gasteiger partial charge < -0.3 is 4.57 Å². The van der Waals surface area contributed by atoms with Crippen molar-refractivity contribution in [2.24, 2.45) is 0 Å². The Kier molecular flexibility index (Phi) is 4.48. The minimum Gasteiger partial charge on any atom is -0.342 e. The van der Waals surface area contributed by atoms with Crippen molar-refractivity contribution in [1.29, 1.82) is 0 Å². The van der Waals surface area contributed by atoms with Crippen LogP contribution in [0.4, 0.5) is 4.39 Å². The zero-order valence-corrected chi connectivity index (χ0v) is 17.3. The van der Waals surface area contributed by atoms with Crippen molar-refractivity contribution in [2.75, 3.05) is 0 Å². The van der Waals surface area contributed by atoms with Crippen LogP contribution in [0.2, 0.25) is 0 Å². The van der Waals surface area contributed by atoms with Gasteiger partial charge in [0, 0.05) is 44.8 Å². The van der Waals surface area contributed by atoms with Crippen LogP contribution < -0.4 is 0 Å². The molecular weight excluding hydrogens is 445 g/mol. The Bertz CT molecular complexity index is 1330. The lowest BCUT2D eigenvalue weighted by atomic mass is 10.1. The molecule has 1 aliphatic carbocycles. The van der Waals surface area contributed by atoms with E-state index in [4.69, 9.17) is 0 Å². The first-order valence-corrected chi connectivity index (χ1v) is 10.2. The fourth-order valence-electron chi connectivity index (χ4n) is 3.89. The minimum absolute atomic E-state index is 0.178. The lowest BCUT2D eigenvalue weighted by Gasteiger charge is -2.05. The van der Waals surface area contributed by atoms with Gasteiger partial charge in [-0.3, -0.25) is 9.59 Å². The average molecular weight is 460 g/mol. The van der Waals surface area contributed by atoms with Gasteiger partial charge in [-0.15, -0.1) is 0 Å². The summed E-state index contributed by atoms with van der Waals surface area (Å²) in [6, 6.07) is 19.2. The zero-order valence-electron chi connectivity index (χ0n) is 15.7. The number of Topliss-reactive ketones (excluding diaryl/α,β-unsaturated/α-hetero) is 2. The van der Waals surface area contributed by atoms with Crippen LogP contribution in [0, 0.1) is 5.82 Å². The van der Waals surface area contributed by atoms with Gasteiger partial charge in [0.2, 0.25) is 0 Å². The Labute approximate surface area is 180 Å². The molecule has 0 saturated carbocycles. The second-order valence-corrected chi connectivity index (χ2v) is 8.18. The molecule has 146 valence electrons. The third-order valence-electron chi connectivity index (χ3n) is 5.35. The molecule has 0 atom stereocenters. The van der Waals surface area contributed by atoms with Crippen LogP contribution in [0.25, 0.3) is 17.0 Å². The first-order chi connectivity index (χ1) is 14.5. The van der Waals surface area contributed by atoms with Gasteiger partial charge in [-0.25, -0.2) is 4.39 Å². The number of fused-ring (bicyclic) bond motifs is 2. The highest BCUT2D eigenvalue weighted by atomic mass is 79.9. The van der Waals surface area contributed by atoms with Crippen LogP contribution in [0.15, 0.2) is 83.0 Å². The van der Waals surface area contributed by atoms with Crippen molar-refractivity contribution in [3.05, 3.63) is 111 Å². The van der Waals surface area contributed by atoms with E-state index in [1.54, 1.807) is 42.5 Å². The number of halogens is 2. The first kappa shape index (κ1) is 18.7. The molecule has 0 radical (unpaired) electrons. The summed E-state index contributed by atoms with van der Waals surface area (Å²) in [4.78, 5) is 25.6. The predicted molar refractivity (Wildman–Crippen MR) is 118 cm³/mol. The largest absolute Gasteiger partial charge is 0.342 e. The maximum absolute atomic E-state index is 13.3. The van der Waals surface area contributed by atoms with Crippen molar-refractivity contribution >= 4 is 44.5 Å². The number of rotatable bonds is 3. The molecule has 3 nitrogen and oxygen atoms in total. The normalized spacial score (nSPS) is 13.2. The van der Waals surface area contributed by atoms with Gasteiger partial charge in [-0.05, 0) is 42.0 Å². The highest BCUT2D eigenvalue weighted by Gasteiger charge is 2.32. The van der Waals surface area contributed by atoms with E-state index in [0.29, 0.717) is 17.7 Å². The molecular formula is C25H15BrFNO2. The van der Waals surface area contributed by atoms with Gasteiger partial charge in [-0.1, -0.05) is 52.3 Å². The zero-order chi connectivity index (χ0) is 20.8. The Morgan fingerprint density at radius 3 is 2.23 bits per heavy atom. The van der Waals surface area contributed by atoms with E-state index in [1.807, 2.05) is 29.0 Å². The number of allylic oxidation sites excluding steroid dienone is 1. The summed E-state index contributed by atoms with van der Waals surface area (Å²) in [7, 11) is 0. The molecule has 0 amide bonds. The van der Waals surface area contributed by atoms with Crippen LogP contribution in [-0.4, -0.2) is 16.1 Å². The van der Waals surface area contributed by atoms with Gasteiger partial charge in [0.1, 0.15) is 5.82 Å². The van der Waals surface area contributed by atoms with Crippen molar-refractivity contribution in [3.63, 3.8) is 0 Å². The minimum atomic E-state index is -0.275. The van der Waals surface area contributed by atoms with Crippen LogP contribution in [0.3, 0.4) is 0 Å². The van der Waals surface area contributed by atoms with Gasteiger partial charge >= 0.3 is 0 Å². The maximum atomic E-state index is 13.3. The number of nitrogens with zero attached hydrogens (tertiary/aromatic N) is 1. The Hall–Kier alpha value is -3.31. The number of hydrogen-bond acceptors (Lipinski definition) is 2. The molecule has 0 bridgehead atoms. The van der Waals surface area contributed by atoms with E-state index in [9.17, 15) is 14.0 Å². The molecule has 0 N–H and O–H groups in total. The number of carbonyl (C=O) groups excluding carboxylic acids is 2. The fourth-order valence-corrected chi connectivity index (χ4v) is 4.25. The average Bonchev–Trinajstić information content (AvgIpc) is 3.20. The Morgan fingerprint density at radius 1 is 0.900 bits per heavy atom. The van der Waals surface area contributed by atoms with E-state index in [-0.39, 0.29) is 23.0 Å². The molecule has 0 fully saturated rings. The molecule has 5 heteroatoms. The molecule has 1 aliphatic rings. The van der Waals surface area contributed by atoms with Crippen molar-refractivity contribution in [3.8, 4) is 0 Å². The van der Waals surface area contributed by atoms with Gasteiger partial charge in [-0.2, -0.15) is 0 Å². The monoisotopic (exact) mass is 459 g/mol. The number of aromatic nitrogens is 1. The van der Waals surface area contributed by atoms with Gasteiger partial charge in [0.25, 0.3) is 0 Å². The molecule has 5 rings (SSSR count). The lowest BCUT2D eigenvalue weighted by Crippen LogP contribution is -2.00. The molecule has 0 spiro atoms. The maximum Gasteiger partial charge on any atom is 0.197 e. The van der Waals surface area contributed by atoms with Crippen LogP contribution in [0.5, 0.6) is 0 Å². The fraction of sp³-hybridized carbons (Fsp3) is 0.0400. The smallest absolute Gasteiger partial charge is 0.197 e. The second-order valence-electron chi connectivity index (χ2n) is 7.26. The highest BCUT2D eigenvalue weighted by molar-refractivity contribution is 9.10. The summed E-state index contributed by atoms with van der Waals surface area (Å²) in [5.41, 5.74) is 3.78. The van der Waals surface area contributed by atoms with E-state index in [0.717, 1.165) is 26.5 Å². The summed E-state index contributed by atoms with van der Waals surface area (Å²) in [5.74, 6) is -0.765. The summed E-state index contributed by atoms with van der Waals surface area (Å²) in [6.07, 6.45) is 3.61. The van der Waals surface area contributed by atoms with Crippen LogP contribution >= 0.6 is 15.9 Å².